The van der Waals surface area contributed by atoms with Gasteiger partial charge in [-0.25, -0.2) is 4.39 Å². The van der Waals surface area contributed by atoms with Crippen LogP contribution in [0, 0.1) is 5.82 Å². The van der Waals surface area contributed by atoms with Crippen molar-refractivity contribution in [2.24, 2.45) is 0 Å². The van der Waals surface area contributed by atoms with E-state index >= 15 is 0 Å². The summed E-state index contributed by atoms with van der Waals surface area (Å²) in [5.74, 6) is -0.836. The predicted molar refractivity (Wildman–Crippen MR) is 116 cm³/mol. The van der Waals surface area contributed by atoms with E-state index in [0.29, 0.717) is 16.6 Å². The van der Waals surface area contributed by atoms with Gasteiger partial charge in [0.25, 0.3) is 0 Å². The first-order chi connectivity index (χ1) is 13.5. The van der Waals surface area contributed by atoms with E-state index in [1.165, 1.54) is 6.07 Å². The van der Waals surface area contributed by atoms with Crippen LogP contribution in [-0.4, -0.2) is 37.4 Å². The van der Waals surface area contributed by atoms with Gasteiger partial charge in [0, 0.05) is 16.6 Å². The maximum Gasteiger partial charge on any atom is 0.197 e. The number of benzene rings is 2. The Morgan fingerprint density at radius 2 is 1.82 bits per heavy atom. The van der Waals surface area contributed by atoms with Gasteiger partial charge >= 0.3 is 0 Å². The highest BCUT2D eigenvalue weighted by Crippen LogP contribution is 2.26. The summed E-state index contributed by atoms with van der Waals surface area (Å²) in [7, 11) is 2.08. The van der Waals surface area contributed by atoms with E-state index in [9.17, 15) is 9.18 Å². The number of halogens is 2. The zero-order valence-corrected chi connectivity index (χ0v) is 17.9. The van der Waals surface area contributed by atoms with Crippen molar-refractivity contribution in [2.75, 3.05) is 26.7 Å². The van der Waals surface area contributed by atoms with Gasteiger partial charge in [-0.3, -0.25) is 4.79 Å². The lowest BCUT2D eigenvalue weighted by Crippen LogP contribution is -2.19. The van der Waals surface area contributed by atoms with Crippen LogP contribution in [0.1, 0.15) is 41.6 Å². The van der Waals surface area contributed by atoms with Gasteiger partial charge in [-0.2, -0.15) is 0 Å². The minimum atomic E-state index is -0.602. The first kappa shape index (κ1) is 22.3. The number of ketones is 1. The van der Waals surface area contributed by atoms with Crippen molar-refractivity contribution in [3.05, 3.63) is 76.5 Å². The molecule has 0 spiro atoms. The Morgan fingerprint density at radius 1 is 1.11 bits per heavy atom. The summed E-state index contributed by atoms with van der Waals surface area (Å²) in [4.78, 5) is 14.9. The summed E-state index contributed by atoms with van der Waals surface area (Å²) in [6.07, 6.45) is 6.01. The number of carbonyl (C=O) groups excluding carboxylic acids is 1. The summed E-state index contributed by atoms with van der Waals surface area (Å²) >= 11 is 3.34. The van der Waals surface area contributed by atoms with Crippen LogP contribution in [0.5, 0.6) is 5.75 Å². The molecule has 0 aromatic heterocycles. The molecule has 0 N–H and O–H groups in total. The Hall–Kier alpha value is -1.98. The Morgan fingerprint density at radius 3 is 2.57 bits per heavy atom. The van der Waals surface area contributed by atoms with Crippen molar-refractivity contribution >= 4 is 21.7 Å². The van der Waals surface area contributed by atoms with E-state index in [-0.39, 0.29) is 17.1 Å². The lowest BCUT2D eigenvalue weighted by atomic mass is 10.0. The molecule has 3 nitrogen and oxygen atoms in total. The molecule has 0 unspecified atom stereocenters. The molecule has 0 fully saturated rings. The Balaban J connectivity index is 1.84. The van der Waals surface area contributed by atoms with Crippen LogP contribution >= 0.6 is 15.9 Å². The summed E-state index contributed by atoms with van der Waals surface area (Å²) in [5.41, 5.74) is 0.453. The number of unbranched alkanes of at least 4 members (excludes halogenated alkanes) is 3. The SMILES string of the molecule is C=CCN(C)CCCCCCOc1cccc(C(=O)c2ccccc2Br)c1F. The number of hydrogen-bond donors (Lipinski definition) is 0. The van der Waals surface area contributed by atoms with Gasteiger partial charge in [0.05, 0.1) is 12.2 Å². The van der Waals surface area contributed by atoms with Crippen LogP contribution in [0.3, 0.4) is 0 Å². The smallest absolute Gasteiger partial charge is 0.197 e. The van der Waals surface area contributed by atoms with Gasteiger partial charge in [0.15, 0.2) is 17.3 Å². The highest BCUT2D eigenvalue weighted by molar-refractivity contribution is 9.10. The zero-order chi connectivity index (χ0) is 20.4. The van der Waals surface area contributed by atoms with Gasteiger partial charge in [0.2, 0.25) is 0 Å². The first-order valence-electron chi connectivity index (χ1n) is 9.54. The second-order valence-electron chi connectivity index (χ2n) is 6.74. The van der Waals surface area contributed by atoms with Crippen LogP contribution in [0.15, 0.2) is 59.6 Å². The molecular formula is C23H27BrFNO2. The topological polar surface area (TPSA) is 29.5 Å². The van der Waals surface area contributed by atoms with Gasteiger partial charge in [-0.1, -0.05) is 53.0 Å². The molecule has 2 rings (SSSR count). The summed E-state index contributed by atoms with van der Waals surface area (Å²) in [6, 6.07) is 11.7. The predicted octanol–water partition coefficient (Wildman–Crippen LogP) is 5.88. The molecule has 2 aromatic carbocycles. The van der Waals surface area contributed by atoms with E-state index in [2.05, 4.69) is 34.5 Å². The molecule has 150 valence electrons. The van der Waals surface area contributed by atoms with E-state index in [0.717, 1.165) is 38.8 Å². The van der Waals surface area contributed by atoms with Gasteiger partial charge < -0.3 is 9.64 Å². The summed E-state index contributed by atoms with van der Waals surface area (Å²) in [6.45, 7) is 6.11. The molecule has 5 heteroatoms. The van der Waals surface area contributed by atoms with E-state index < -0.39 is 5.82 Å². The molecule has 0 bridgehead atoms. The number of carbonyl (C=O) groups is 1. The third kappa shape index (κ3) is 6.57. The van der Waals surface area contributed by atoms with Crippen LogP contribution in [-0.2, 0) is 0 Å². The van der Waals surface area contributed by atoms with Gasteiger partial charge in [-0.05, 0) is 50.7 Å². The minimum Gasteiger partial charge on any atom is -0.490 e. The molecule has 2 aromatic rings. The maximum atomic E-state index is 14.8. The van der Waals surface area contributed by atoms with Crippen molar-refractivity contribution in [3.63, 3.8) is 0 Å². The number of ether oxygens (including phenoxy) is 1. The standard InChI is InChI=1S/C23H27BrFNO2/c1-3-15-26(2)16-8-4-5-9-17-28-21-14-10-12-19(22(21)25)23(27)18-11-6-7-13-20(18)24/h3,6-7,10-14H,1,4-5,8-9,15-17H2,2H3. The molecule has 0 radical (unpaired) electrons. The normalized spacial score (nSPS) is 10.9. The highest BCUT2D eigenvalue weighted by Gasteiger charge is 2.19. The third-order valence-electron chi connectivity index (χ3n) is 4.46. The van der Waals surface area contributed by atoms with Crippen molar-refractivity contribution in [3.8, 4) is 5.75 Å². The fourth-order valence-electron chi connectivity index (χ4n) is 2.92. The highest BCUT2D eigenvalue weighted by atomic mass is 79.9. The average Bonchev–Trinajstić information content (AvgIpc) is 2.68. The minimum absolute atomic E-state index is 0.0228. The van der Waals surface area contributed by atoms with Crippen LogP contribution in [0.2, 0.25) is 0 Å². The van der Waals surface area contributed by atoms with Crippen molar-refractivity contribution in [1.82, 2.24) is 4.90 Å². The Labute approximate surface area is 175 Å². The first-order valence-corrected chi connectivity index (χ1v) is 10.3. The lowest BCUT2D eigenvalue weighted by Gasteiger charge is -2.13. The summed E-state index contributed by atoms with van der Waals surface area (Å²) in [5, 5.41) is 0. The Kier molecular flexibility index (Phi) is 9.38. The second kappa shape index (κ2) is 11.8. The van der Waals surface area contributed by atoms with Crippen LogP contribution in [0.4, 0.5) is 4.39 Å². The van der Waals surface area contributed by atoms with Crippen LogP contribution < -0.4 is 4.74 Å². The molecule has 0 atom stereocenters. The van der Waals surface area contributed by atoms with Gasteiger partial charge in [0.1, 0.15) is 0 Å². The molecule has 0 aliphatic heterocycles. The molecule has 0 amide bonds. The van der Waals surface area contributed by atoms with Crippen molar-refractivity contribution < 1.29 is 13.9 Å². The molecule has 0 saturated carbocycles. The molecule has 0 aliphatic carbocycles. The molecule has 0 saturated heterocycles. The third-order valence-corrected chi connectivity index (χ3v) is 5.15. The van der Waals surface area contributed by atoms with Gasteiger partial charge in [-0.15, -0.1) is 6.58 Å². The largest absolute Gasteiger partial charge is 0.490 e. The molecular weight excluding hydrogens is 421 g/mol. The number of nitrogens with zero attached hydrogens (tertiary/aromatic N) is 1. The number of likely N-dealkylation sites (N-methyl/N-ethyl adjacent to an activating group) is 1. The number of hydrogen-bond acceptors (Lipinski definition) is 3. The lowest BCUT2D eigenvalue weighted by molar-refractivity contribution is 0.103. The maximum absolute atomic E-state index is 14.8. The van der Waals surface area contributed by atoms with E-state index in [1.54, 1.807) is 30.3 Å². The molecule has 28 heavy (non-hydrogen) atoms. The molecule has 0 aliphatic rings. The van der Waals surface area contributed by atoms with Crippen molar-refractivity contribution in [1.29, 1.82) is 0 Å². The van der Waals surface area contributed by atoms with Crippen molar-refractivity contribution in [2.45, 2.75) is 25.7 Å². The fourth-order valence-corrected chi connectivity index (χ4v) is 3.38. The van der Waals surface area contributed by atoms with Crippen LogP contribution in [0.25, 0.3) is 0 Å². The average molecular weight is 448 g/mol. The number of rotatable bonds is 12. The van der Waals surface area contributed by atoms with E-state index in [4.69, 9.17) is 4.74 Å². The van der Waals surface area contributed by atoms with E-state index in [1.807, 2.05) is 12.1 Å². The fraction of sp³-hybridized carbons (Fsp3) is 0.348. The quantitative estimate of drug-likeness (QED) is 0.231. The zero-order valence-electron chi connectivity index (χ0n) is 16.3. The molecule has 0 heterocycles. The second-order valence-corrected chi connectivity index (χ2v) is 7.59. The summed E-state index contributed by atoms with van der Waals surface area (Å²) < 4.78 is 21.0. The Bertz CT molecular complexity index is 794. The monoisotopic (exact) mass is 447 g/mol.